The zero-order valence-electron chi connectivity index (χ0n) is 37.7. The van der Waals surface area contributed by atoms with Crippen LogP contribution in [0.4, 0.5) is 5.69 Å². The van der Waals surface area contributed by atoms with E-state index in [1.54, 1.807) is 0 Å². The molecular weight excluding hydrogens is 767 g/mol. The lowest BCUT2D eigenvalue weighted by Gasteiger charge is -2.65. The number of benzene rings is 5. The molecule has 5 aromatic rings. The zero-order valence-corrected chi connectivity index (χ0v) is 37.7. The van der Waals surface area contributed by atoms with Crippen molar-refractivity contribution < 1.29 is 5.11 Å². The Morgan fingerprint density at radius 2 is 1.19 bits per heavy atom. The molecule has 2 aliphatic heterocycles. The van der Waals surface area contributed by atoms with Crippen molar-refractivity contribution in [2.45, 2.75) is 109 Å². The van der Waals surface area contributed by atoms with Gasteiger partial charge in [-0.05, 0) is 138 Å². The van der Waals surface area contributed by atoms with Crippen molar-refractivity contribution in [3.8, 4) is 0 Å². The van der Waals surface area contributed by atoms with Crippen molar-refractivity contribution >= 4 is 22.7 Å². The molecule has 0 amide bonds. The first-order valence-electron chi connectivity index (χ1n) is 24.3. The van der Waals surface area contributed by atoms with Crippen LogP contribution >= 0.6 is 0 Å². The topological polar surface area (TPSA) is 39.1 Å². The van der Waals surface area contributed by atoms with Crippen LogP contribution in [-0.4, -0.2) is 27.9 Å². The van der Waals surface area contributed by atoms with Crippen LogP contribution in [0.1, 0.15) is 131 Å². The van der Waals surface area contributed by atoms with Gasteiger partial charge in [-0.3, -0.25) is 5.01 Å². The van der Waals surface area contributed by atoms with Crippen LogP contribution in [0.25, 0.3) is 11.3 Å². The number of anilines is 1. The third-order valence-electron chi connectivity index (χ3n) is 18.2. The van der Waals surface area contributed by atoms with E-state index in [1.165, 1.54) is 84.0 Å². The number of aliphatic hydroxyl groups is 1. The molecule has 4 nitrogen and oxygen atoms in total. The summed E-state index contributed by atoms with van der Waals surface area (Å²) in [6, 6.07) is 52.5. The van der Waals surface area contributed by atoms with E-state index < -0.39 is 5.60 Å². The molecule has 4 heteroatoms. The molecule has 1 N–H and O–H groups in total. The highest BCUT2D eigenvalue weighted by Gasteiger charge is 2.66. The minimum Gasteiger partial charge on any atom is -0.387 e. The number of β-amino-alcohol motifs (C(OH)–C–C–N with tert-alkyl or cyclic N) is 1. The standard InChI is InChI=1S/C59H65N3O/c1-56-33-16-17-34-57(56,2)50-31-36-58(3)51(49(50)30-35-56)32-37-59(58,63)41-61-53(44-20-10-5-11-21-44)38-47(39-54(61)45-22-12-6-13-23-45)42-26-28-48(29-27-42)62-55(46-24-14-7-15-25-46)40-52(60-62)43-18-8-4-9-19-43/h4-15,18-29,38-39,49-51,53,55,63H,16-17,30-37,40-41H2,1-3H3/t49?,50?,51?,53?,55?,56-,57?,58?,59-/m1/s1. The Balaban J connectivity index is 0.939. The summed E-state index contributed by atoms with van der Waals surface area (Å²) < 4.78 is 0. The molecular formula is C59H65N3O. The van der Waals surface area contributed by atoms with Gasteiger partial charge in [0.2, 0.25) is 0 Å². The maximum atomic E-state index is 13.5. The van der Waals surface area contributed by atoms with Gasteiger partial charge in [0, 0.05) is 24.1 Å². The molecule has 4 fully saturated rings. The molecule has 0 saturated heterocycles. The lowest BCUT2D eigenvalue weighted by Crippen LogP contribution is -2.60. The molecule has 5 aromatic carbocycles. The first kappa shape index (κ1) is 40.6. The molecule has 63 heavy (non-hydrogen) atoms. The maximum absolute atomic E-state index is 13.5. The van der Waals surface area contributed by atoms with Crippen molar-refractivity contribution in [3.63, 3.8) is 0 Å². The van der Waals surface area contributed by atoms with Crippen molar-refractivity contribution in [2.75, 3.05) is 11.6 Å². The lowest BCUT2D eigenvalue weighted by atomic mass is 9.40. The van der Waals surface area contributed by atoms with Gasteiger partial charge in [-0.2, -0.15) is 5.10 Å². The fourth-order valence-corrected chi connectivity index (χ4v) is 14.4. The number of hydrogen-bond acceptors (Lipinski definition) is 4. The molecule has 9 atom stereocenters. The van der Waals surface area contributed by atoms with Crippen LogP contribution in [-0.2, 0) is 0 Å². The zero-order chi connectivity index (χ0) is 42.8. The van der Waals surface area contributed by atoms with Gasteiger partial charge in [0.1, 0.15) is 0 Å². The lowest BCUT2D eigenvalue weighted by molar-refractivity contribution is -0.178. The molecule has 2 heterocycles. The van der Waals surface area contributed by atoms with E-state index in [1.807, 2.05) is 0 Å². The molecule has 0 aromatic heterocycles. The van der Waals surface area contributed by atoms with Gasteiger partial charge in [0.05, 0.1) is 29.1 Å². The van der Waals surface area contributed by atoms with Gasteiger partial charge in [-0.15, -0.1) is 0 Å². The third-order valence-corrected chi connectivity index (χ3v) is 18.2. The largest absolute Gasteiger partial charge is 0.387 e. The van der Waals surface area contributed by atoms with Crippen LogP contribution in [0, 0.1) is 34.0 Å². The van der Waals surface area contributed by atoms with Crippen molar-refractivity contribution in [1.82, 2.24) is 4.90 Å². The summed E-state index contributed by atoms with van der Waals surface area (Å²) in [5, 5.41) is 21.0. The minimum absolute atomic E-state index is 0.0419. The van der Waals surface area contributed by atoms with E-state index >= 15 is 0 Å². The summed E-state index contributed by atoms with van der Waals surface area (Å²) in [6.45, 7) is 8.44. The molecule has 0 radical (unpaired) electrons. The van der Waals surface area contributed by atoms with Crippen LogP contribution in [0.15, 0.2) is 163 Å². The van der Waals surface area contributed by atoms with E-state index in [0.29, 0.717) is 23.3 Å². The Hall–Kier alpha value is -5.19. The quantitative estimate of drug-likeness (QED) is 0.169. The Bertz CT molecular complexity index is 2520. The average Bonchev–Trinajstić information content (AvgIpc) is 3.89. The summed E-state index contributed by atoms with van der Waals surface area (Å²) in [5.41, 5.74) is 10.6. The highest BCUT2D eigenvalue weighted by atomic mass is 16.3. The van der Waals surface area contributed by atoms with E-state index in [9.17, 15) is 5.11 Å². The van der Waals surface area contributed by atoms with E-state index in [4.69, 9.17) is 5.10 Å². The normalized spacial score (nSPS) is 33.7. The summed E-state index contributed by atoms with van der Waals surface area (Å²) in [7, 11) is 0. The predicted molar refractivity (Wildman–Crippen MR) is 260 cm³/mol. The molecule has 4 saturated carbocycles. The van der Waals surface area contributed by atoms with Crippen molar-refractivity contribution in [3.05, 3.63) is 186 Å². The molecule has 0 bridgehead atoms. The van der Waals surface area contributed by atoms with Crippen molar-refractivity contribution in [2.24, 2.45) is 39.1 Å². The Morgan fingerprint density at radius 1 is 0.587 bits per heavy atom. The summed E-state index contributed by atoms with van der Waals surface area (Å²) >= 11 is 0. The number of nitrogens with zero attached hydrogens (tertiary/aromatic N) is 3. The molecule has 7 unspecified atom stereocenters. The van der Waals surface area contributed by atoms with Crippen LogP contribution in [0.3, 0.4) is 0 Å². The van der Waals surface area contributed by atoms with Gasteiger partial charge in [-0.25, -0.2) is 0 Å². The number of fused-ring (bicyclic) bond motifs is 5. The Morgan fingerprint density at radius 3 is 1.89 bits per heavy atom. The Labute approximate surface area is 376 Å². The number of rotatable bonds is 8. The van der Waals surface area contributed by atoms with Gasteiger partial charge in [-0.1, -0.05) is 167 Å². The summed E-state index contributed by atoms with van der Waals surface area (Å²) in [6.07, 6.45) is 18.4. The van der Waals surface area contributed by atoms with E-state index in [2.05, 4.69) is 188 Å². The maximum Gasteiger partial charge on any atom is 0.0878 e. The number of allylic oxidation sites excluding steroid dienone is 2. The SMILES string of the molecule is CC12CCCC[C@]1(C)CCC1C2CCC2(C)C1CC[C@@]2(O)CN1C(c2ccccc2)=CC(c2ccc(N3N=C(c4ccccc4)CC3c3ccccc3)cc2)=CC1c1ccccc1. The van der Waals surface area contributed by atoms with E-state index in [-0.39, 0.29) is 17.5 Å². The van der Waals surface area contributed by atoms with Crippen LogP contribution in [0.2, 0.25) is 0 Å². The van der Waals surface area contributed by atoms with Crippen LogP contribution < -0.4 is 5.01 Å². The van der Waals surface area contributed by atoms with Crippen molar-refractivity contribution in [1.29, 1.82) is 0 Å². The van der Waals surface area contributed by atoms with Crippen LogP contribution in [0.5, 0.6) is 0 Å². The summed E-state index contributed by atoms with van der Waals surface area (Å²) in [4.78, 5) is 2.58. The van der Waals surface area contributed by atoms with Gasteiger partial charge in [0.15, 0.2) is 0 Å². The average molecular weight is 832 g/mol. The Kier molecular flexibility index (Phi) is 10.2. The molecule has 4 aliphatic carbocycles. The smallest absolute Gasteiger partial charge is 0.0878 e. The second-order valence-corrected chi connectivity index (χ2v) is 21.1. The second-order valence-electron chi connectivity index (χ2n) is 21.1. The first-order valence-corrected chi connectivity index (χ1v) is 24.3. The van der Waals surface area contributed by atoms with Gasteiger partial charge < -0.3 is 10.0 Å². The highest BCUT2D eigenvalue weighted by Crippen LogP contribution is 2.71. The first-order chi connectivity index (χ1) is 30.7. The monoisotopic (exact) mass is 832 g/mol. The highest BCUT2D eigenvalue weighted by molar-refractivity contribution is 6.03. The molecule has 11 rings (SSSR count). The molecule has 322 valence electrons. The van der Waals surface area contributed by atoms with E-state index in [0.717, 1.165) is 48.9 Å². The van der Waals surface area contributed by atoms with Gasteiger partial charge >= 0.3 is 0 Å². The second kappa shape index (κ2) is 15.8. The number of hydrogen-bond donors (Lipinski definition) is 1. The predicted octanol–water partition coefficient (Wildman–Crippen LogP) is 14.1. The fourth-order valence-electron chi connectivity index (χ4n) is 14.4. The van der Waals surface area contributed by atoms with Gasteiger partial charge in [0.25, 0.3) is 0 Å². The minimum atomic E-state index is -0.797. The molecule has 6 aliphatic rings. The third kappa shape index (κ3) is 6.77. The molecule has 0 spiro atoms. The summed E-state index contributed by atoms with van der Waals surface area (Å²) in [5.74, 6) is 2.08. The number of hydrazone groups is 1. The fraction of sp³-hybridized carbons (Fsp3) is 0.407.